The van der Waals surface area contributed by atoms with E-state index in [9.17, 15) is 33.6 Å². The van der Waals surface area contributed by atoms with Crippen LogP contribution in [0.2, 0.25) is 0 Å². The van der Waals surface area contributed by atoms with E-state index in [2.05, 4.69) is 21.3 Å². The smallest absolute Gasteiger partial charge is 0.312 e. The summed E-state index contributed by atoms with van der Waals surface area (Å²) in [5, 5.41) is 10.7. The van der Waals surface area contributed by atoms with Gasteiger partial charge in [-0.2, -0.15) is 0 Å². The average Bonchev–Trinajstić information content (AvgIpc) is 3.30. The Hall–Kier alpha value is -4.75. The molecule has 2 atom stereocenters. The third-order valence-corrected chi connectivity index (χ3v) is 7.01. The molecular formula is C32H46N6O8. The number of nitrogens with zero attached hydrogens (tertiary/aromatic N) is 1. The normalized spacial score (nSPS) is 14.1. The van der Waals surface area contributed by atoms with Crippen molar-refractivity contribution >= 4 is 47.2 Å². The van der Waals surface area contributed by atoms with Crippen molar-refractivity contribution in [2.24, 2.45) is 17.1 Å². The maximum Gasteiger partial charge on any atom is 0.312 e. The Bertz CT molecular complexity index is 1280. The second-order valence-electron chi connectivity index (χ2n) is 12.4. The number of ether oxygens (including phenoxy) is 1. The maximum absolute atomic E-state index is 13.3. The van der Waals surface area contributed by atoms with E-state index in [1.807, 2.05) is 0 Å². The SMILES string of the molecule is CC(C)C(NC(=O)CCCCN1C(=O)C=CC1=O)C(=O)N[C@@H](CCCNC(N)=O)C(=O)Nc1ccc(COC(=O)C(C)(C)C)cc1. The second kappa shape index (κ2) is 17.7. The highest BCUT2D eigenvalue weighted by Gasteiger charge is 2.29. The van der Waals surface area contributed by atoms with Gasteiger partial charge in [0.15, 0.2) is 0 Å². The number of primary amides is 1. The number of imide groups is 1. The number of carbonyl (C=O) groups is 7. The number of anilines is 1. The van der Waals surface area contributed by atoms with Gasteiger partial charge in [0, 0.05) is 37.3 Å². The zero-order valence-electron chi connectivity index (χ0n) is 27.1. The van der Waals surface area contributed by atoms with Gasteiger partial charge < -0.3 is 31.7 Å². The highest BCUT2D eigenvalue weighted by molar-refractivity contribution is 6.12. The summed E-state index contributed by atoms with van der Waals surface area (Å²) in [6, 6.07) is 4.06. The zero-order valence-corrected chi connectivity index (χ0v) is 27.1. The summed E-state index contributed by atoms with van der Waals surface area (Å²) in [4.78, 5) is 86.8. The van der Waals surface area contributed by atoms with Gasteiger partial charge in [-0.1, -0.05) is 26.0 Å². The Morgan fingerprint density at radius 3 is 2.09 bits per heavy atom. The lowest BCUT2D eigenvalue weighted by Crippen LogP contribution is -2.54. The largest absolute Gasteiger partial charge is 0.460 e. The van der Waals surface area contributed by atoms with Crippen LogP contribution in [0.1, 0.15) is 72.3 Å². The van der Waals surface area contributed by atoms with Crippen LogP contribution in [0.15, 0.2) is 36.4 Å². The summed E-state index contributed by atoms with van der Waals surface area (Å²) in [6.07, 6.45) is 3.80. The van der Waals surface area contributed by atoms with Gasteiger partial charge in [0.05, 0.1) is 5.41 Å². The molecule has 0 saturated carbocycles. The molecule has 1 aromatic carbocycles. The van der Waals surface area contributed by atoms with Crippen LogP contribution in [-0.2, 0) is 40.1 Å². The number of esters is 1. The maximum atomic E-state index is 13.3. The van der Waals surface area contributed by atoms with Gasteiger partial charge in [-0.05, 0) is 70.1 Å². The van der Waals surface area contributed by atoms with E-state index in [0.29, 0.717) is 24.9 Å². The molecule has 0 radical (unpaired) electrons. The predicted molar refractivity (Wildman–Crippen MR) is 170 cm³/mol. The Morgan fingerprint density at radius 1 is 0.891 bits per heavy atom. The predicted octanol–water partition coefficient (Wildman–Crippen LogP) is 1.88. The number of nitrogens with two attached hydrogens (primary N) is 1. The van der Waals surface area contributed by atoms with Crippen LogP contribution in [0.25, 0.3) is 0 Å². The quantitative estimate of drug-likeness (QED) is 0.0961. The first-order valence-corrected chi connectivity index (χ1v) is 15.3. The van der Waals surface area contributed by atoms with Gasteiger partial charge in [-0.3, -0.25) is 33.7 Å². The molecule has 1 heterocycles. The van der Waals surface area contributed by atoms with Crippen LogP contribution in [0.3, 0.4) is 0 Å². The molecule has 46 heavy (non-hydrogen) atoms. The average molecular weight is 643 g/mol. The number of hydrogen-bond donors (Lipinski definition) is 5. The van der Waals surface area contributed by atoms with Crippen molar-refractivity contribution in [1.82, 2.24) is 20.9 Å². The van der Waals surface area contributed by atoms with Crippen molar-refractivity contribution in [3.8, 4) is 0 Å². The number of nitrogens with one attached hydrogen (secondary N) is 4. The van der Waals surface area contributed by atoms with E-state index in [4.69, 9.17) is 10.5 Å². The summed E-state index contributed by atoms with van der Waals surface area (Å²) in [5.41, 5.74) is 5.67. The molecule has 0 bridgehead atoms. The molecule has 1 aliphatic rings. The molecule has 1 aliphatic heterocycles. The summed E-state index contributed by atoms with van der Waals surface area (Å²) < 4.78 is 5.32. The van der Waals surface area contributed by atoms with Crippen LogP contribution < -0.4 is 27.0 Å². The number of amides is 7. The molecule has 1 unspecified atom stereocenters. The van der Waals surface area contributed by atoms with E-state index < -0.39 is 35.3 Å². The standard InChI is InChI=1S/C32H46N6O8/c1-20(2)27(37-24(39)10-6-7-18-38-25(40)15-16-26(38)41)29(43)36-23(9-8-17-34-31(33)45)28(42)35-22-13-11-21(12-14-22)19-46-30(44)32(3,4)5/h11-16,20,23,27H,6-10,17-19H2,1-5H3,(H,35,42)(H,36,43)(H,37,39)(H3,33,34,45)/t23-,27?/m0/s1. The number of hydrogen-bond acceptors (Lipinski definition) is 8. The molecule has 0 aromatic heterocycles. The molecule has 0 fully saturated rings. The molecule has 6 N–H and O–H groups in total. The first kappa shape index (κ1) is 37.4. The molecule has 0 saturated heterocycles. The summed E-state index contributed by atoms with van der Waals surface area (Å²) in [5.74, 6) is -2.86. The van der Waals surface area contributed by atoms with Crippen molar-refractivity contribution in [3.63, 3.8) is 0 Å². The third kappa shape index (κ3) is 12.7. The number of urea groups is 1. The molecule has 0 spiro atoms. The first-order valence-electron chi connectivity index (χ1n) is 15.3. The minimum Gasteiger partial charge on any atom is -0.460 e. The summed E-state index contributed by atoms with van der Waals surface area (Å²) >= 11 is 0. The molecule has 0 aliphatic carbocycles. The van der Waals surface area contributed by atoms with Crippen LogP contribution in [0.5, 0.6) is 0 Å². The number of carbonyl (C=O) groups excluding carboxylic acids is 7. The Balaban J connectivity index is 1.98. The Kier molecular flexibility index (Phi) is 14.4. The van der Waals surface area contributed by atoms with Gasteiger partial charge in [-0.25, -0.2) is 4.79 Å². The molecule has 7 amide bonds. The fraction of sp³-hybridized carbons (Fsp3) is 0.531. The second-order valence-corrected chi connectivity index (χ2v) is 12.4. The lowest BCUT2D eigenvalue weighted by Gasteiger charge is -2.25. The number of rotatable bonds is 17. The molecule has 1 aromatic rings. The Morgan fingerprint density at radius 2 is 1.52 bits per heavy atom. The topological polar surface area (TPSA) is 206 Å². The van der Waals surface area contributed by atoms with Crippen molar-refractivity contribution in [2.75, 3.05) is 18.4 Å². The molecule has 2 rings (SSSR count). The van der Waals surface area contributed by atoms with Gasteiger partial charge in [-0.15, -0.1) is 0 Å². The molecular weight excluding hydrogens is 596 g/mol. The van der Waals surface area contributed by atoms with Gasteiger partial charge >= 0.3 is 12.0 Å². The highest BCUT2D eigenvalue weighted by atomic mass is 16.5. The third-order valence-electron chi connectivity index (χ3n) is 7.01. The monoisotopic (exact) mass is 642 g/mol. The van der Waals surface area contributed by atoms with Gasteiger partial charge in [0.1, 0.15) is 18.7 Å². The summed E-state index contributed by atoms with van der Waals surface area (Å²) in [7, 11) is 0. The zero-order chi connectivity index (χ0) is 34.4. The van der Waals surface area contributed by atoms with E-state index in [1.165, 1.54) is 12.2 Å². The van der Waals surface area contributed by atoms with Crippen molar-refractivity contribution in [2.45, 2.75) is 85.4 Å². The van der Waals surface area contributed by atoms with Gasteiger partial charge in [0.2, 0.25) is 17.7 Å². The summed E-state index contributed by atoms with van der Waals surface area (Å²) in [6.45, 7) is 9.25. The minimum atomic E-state index is -1.00. The van der Waals surface area contributed by atoms with Crippen LogP contribution >= 0.6 is 0 Å². The van der Waals surface area contributed by atoms with E-state index in [-0.39, 0.29) is 62.1 Å². The first-order chi connectivity index (χ1) is 21.6. The molecule has 14 heteroatoms. The highest BCUT2D eigenvalue weighted by Crippen LogP contribution is 2.18. The van der Waals surface area contributed by atoms with E-state index >= 15 is 0 Å². The lowest BCUT2D eigenvalue weighted by molar-refractivity contribution is -0.154. The van der Waals surface area contributed by atoms with Crippen LogP contribution in [-0.4, -0.2) is 71.6 Å². The van der Waals surface area contributed by atoms with E-state index in [0.717, 1.165) is 10.5 Å². The van der Waals surface area contributed by atoms with Gasteiger partial charge in [0.25, 0.3) is 11.8 Å². The van der Waals surface area contributed by atoms with E-state index in [1.54, 1.807) is 58.9 Å². The molecule has 14 nitrogen and oxygen atoms in total. The fourth-order valence-corrected chi connectivity index (χ4v) is 4.31. The fourth-order valence-electron chi connectivity index (χ4n) is 4.31. The van der Waals surface area contributed by atoms with Crippen molar-refractivity contribution in [3.05, 3.63) is 42.0 Å². The van der Waals surface area contributed by atoms with Crippen LogP contribution in [0.4, 0.5) is 10.5 Å². The Labute approximate surface area is 269 Å². The van der Waals surface area contributed by atoms with Crippen molar-refractivity contribution < 1.29 is 38.3 Å². The number of unbranched alkanes of at least 4 members (excludes halogenated alkanes) is 1. The van der Waals surface area contributed by atoms with Crippen LogP contribution in [0, 0.1) is 11.3 Å². The lowest BCUT2D eigenvalue weighted by atomic mass is 9.97. The number of benzene rings is 1. The van der Waals surface area contributed by atoms with Crippen molar-refractivity contribution in [1.29, 1.82) is 0 Å². The minimum absolute atomic E-state index is 0.0768. The molecule has 252 valence electrons.